The largest absolute Gasteiger partial charge is 0.478 e. The van der Waals surface area contributed by atoms with Crippen molar-refractivity contribution in [2.45, 2.75) is 38.1 Å². The van der Waals surface area contributed by atoms with Crippen LogP contribution in [-0.4, -0.2) is 16.6 Å². The lowest BCUT2D eigenvalue weighted by molar-refractivity contribution is 0.0695. The van der Waals surface area contributed by atoms with Crippen LogP contribution in [0.25, 0.3) is 0 Å². The van der Waals surface area contributed by atoms with Crippen LogP contribution in [0.3, 0.4) is 0 Å². The summed E-state index contributed by atoms with van der Waals surface area (Å²) in [6, 6.07) is 2.91. The molecule has 0 aromatic heterocycles. The van der Waals surface area contributed by atoms with Gasteiger partial charge in [0.15, 0.2) is 5.82 Å². The Labute approximate surface area is 114 Å². The molecule has 0 aliphatic heterocycles. The number of nitrogens with one attached hydrogen (secondary N) is 1. The van der Waals surface area contributed by atoms with Crippen LogP contribution in [0.2, 0.25) is 0 Å². The van der Waals surface area contributed by atoms with Gasteiger partial charge in [0.25, 0.3) is 0 Å². The molecule has 2 N–H and O–H groups in total. The maximum atomic E-state index is 14.1. The van der Waals surface area contributed by atoms with Gasteiger partial charge in [0, 0.05) is 5.54 Å². The second kappa shape index (κ2) is 4.88. The second-order valence-electron chi connectivity index (χ2n) is 4.99. The molecule has 1 aromatic rings. The van der Waals surface area contributed by atoms with Gasteiger partial charge in [-0.05, 0) is 47.8 Å². The van der Waals surface area contributed by atoms with Crippen molar-refractivity contribution in [3.05, 3.63) is 28.0 Å². The van der Waals surface area contributed by atoms with Gasteiger partial charge in [0.05, 0.1) is 15.7 Å². The summed E-state index contributed by atoms with van der Waals surface area (Å²) in [4.78, 5) is 10.9. The van der Waals surface area contributed by atoms with E-state index >= 15 is 0 Å². The first-order valence-electron chi connectivity index (χ1n) is 5.92. The molecule has 2 rings (SSSR count). The molecule has 5 heteroatoms. The van der Waals surface area contributed by atoms with Crippen molar-refractivity contribution in [1.29, 1.82) is 0 Å². The fourth-order valence-electron chi connectivity index (χ4n) is 2.42. The number of carboxylic acid groups (broad SMARTS) is 1. The summed E-state index contributed by atoms with van der Waals surface area (Å²) in [5, 5.41) is 12.1. The summed E-state index contributed by atoms with van der Waals surface area (Å²) < 4.78 is 14.1. The van der Waals surface area contributed by atoms with Crippen molar-refractivity contribution in [3.63, 3.8) is 0 Å². The molecule has 98 valence electrons. The van der Waals surface area contributed by atoms with Crippen molar-refractivity contribution >= 4 is 27.6 Å². The van der Waals surface area contributed by atoms with Crippen molar-refractivity contribution < 1.29 is 14.3 Å². The number of hydrogen-bond acceptors (Lipinski definition) is 2. The molecule has 18 heavy (non-hydrogen) atoms. The maximum absolute atomic E-state index is 14.1. The first-order chi connectivity index (χ1) is 8.43. The topological polar surface area (TPSA) is 49.3 Å². The minimum absolute atomic E-state index is 0.00148. The van der Waals surface area contributed by atoms with Crippen LogP contribution in [0, 0.1) is 5.82 Å². The Kier molecular flexibility index (Phi) is 3.61. The van der Waals surface area contributed by atoms with Crippen LogP contribution in [0.15, 0.2) is 16.6 Å². The zero-order valence-electron chi connectivity index (χ0n) is 10.1. The fraction of sp³-hybridized carbons (Fsp3) is 0.462. The first kappa shape index (κ1) is 13.3. The molecule has 0 spiro atoms. The summed E-state index contributed by atoms with van der Waals surface area (Å²) in [6.45, 7) is 2.07. The minimum atomic E-state index is -1.14. The Balaban J connectivity index is 2.30. The van der Waals surface area contributed by atoms with E-state index in [4.69, 9.17) is 5.11 Å². The summed E-state index contributed by atoms with van der Waals surface area (Å²) in [6.07, 6.45) is 4.29. The molecule has 0 unspecified atom stereocenters. The molecular weight excluding hydrogens is 301 g/mol. The van der Waals surface area contributed by atoms with Gasteiger partial charge in [-0.15, -0.1) is 0 Å². The van der Waals surface area contributed by atoms with Gasteiger partial charge in [-0.25, -0.2) is 9.18 Å². The number of anilines is 1. The average molecular weight is 316 g/mol. The van der Waals surface area contributed by atoms with E-state index in [1.165, 1.54) is 12.1 Å². The molecule has 0 atom stereocenters. The molecule has 1 fully saturated rings. The predicted octanol–water partition coefficient (Wildman–Crippen LogP) is 4.03. The quantitative estimate of drug-likeness (QED) is 0.885. The van der Waals surface area contributed by atoms with Crippen LogP contribution in [0.1, 0.15) is 43.0 Å². The van der Waals surface area contributed by atoms with Crippen LogP contribution in [0.5, 0.6) is 0 Å². The SMILES string of the molecule is CC1(Nc2ccc(C(=O)O)c(Br)c2F)CCCC1. The van der Waals surface area contributed by atoms with Crippen LogP contribution in [-0.2, 0) is 0 Å². The number of carboxylic acids is 1. The number of benzene rings is 1. The van der Waals surface area contributed by atoms with Crippen molar-refractivity contribution in [3.8, 4) is 0 Å². The zero-order valence-corrected chi connectivity index (χ0v) is 11.7. The molecular formula is C13H15BrFNO2. The Morgan fingerprint density at radius 2 is 2.06 bits per heavy atom. The van der Waals surface area contributed by atoms with E-state index < -0.39 is 11.8 Å². The lowest BCUT2D eigenvalue weighted by Gasteiger charge is -2.27. The highest BCUT2D eigenvalue weighted by molar-refractivity contribution is 9.10. The summed E-state index contributed by atoms with van der Waals surface area (Å²) in [7, 11) is 0. The highest BCUT2D eigenvalue weighted by Gasteiger charge is 2.29. The normalized spacial score (nSPS) is 17.7. The van der Waals surface area contributed by atoms with E-state index in [2.05, 4.69) is 28.2 Å². The number of halogens is 2. The molecule has 0 amide bonds. The predicted molar refractivity (Wildman–Crippen MR) is 71.6 cm³/mol. The van der Waals surface area contributed by atoms with E-state index in [9.17, 15) is 9.18 Å². The Morgan fingerprint density at radius 1 is 1.44 bits per heavy atom. The standard InChI is InChI=1S/C13H15BrFNO2/c1-13(6-2-3-7-13)16-9-5-4-8(12(17)18)10(14)11(9)15/h4-5,16H,2-3,6-7H2,1H3,(H,17,18). The van der Waals surface area contributed by atoms with E-state index in [-0.39, 0.29) is 15.6 Å². The van der Waals surface area contributed by atoms with Crippen molar-refractivity contribution in [2.24, 2.45) is 0 Å². The third-order valence-electron chi connectivity index (χ3n) is 3.46. The summed E-state index contributed by atoms with van der Waals surface area (Å²) in [5.41, 5.74) is 0.205. The molecule has 3 nitrogen and oxygen atoms in total. The van der Waals surface area contributed by atoms with Gasteiger partial charge >= 0.3 is 5.97 Å². The van der Waals surface area contributed by atoms with Crippen molar-refractivity contribution in [2.75, 3.05) is 5.32 Å². The summed E-state index contributed by atoms with van der Waals surface area (Å²) >= 11 is 3.00. The number of hydrogen-bond donors (Lipinski definition) is 2. The number of rotatable bonds is 3. The summed E-state index contributed by atoms with van der Waals surface area (Å²) in [5.74, 6) is -1.68. The highest BCUT2D eigenvalue weighted by Crippen LogP contribution is 2.35. The van der Waals surface area contributed by atoms with Gasteiger partial charge in [-0.2, -0.15) is 0 Å². The van der Waals surface area contributed by atoms with E-state index in [0.717, 1.165) is 25.7 Å². The van der Waals surface area contributed by atoms with Gasteiger partial charge < -0.3 is 10.4 Å². The molecule has 1 aliphatic carbocycles. The zero-order chi connectivity index (χ0) is 13.3. The molecule has 0 radical (unpaired) electrons. The van der Waals surface area contributed by atoms with Gasteiger partial charge in [0.1, 0.15) is 0 Å². The first-order valence-corrected chi connectivity index (χ1v) is 6.72. The maximum Gasteiger partial charge on any atom is 0.336 e. The minimum Gasteiger partial charge on any atom is -0.478 e. The van der Waals surface area contributed by atoms with E-state index in [0.29, 0.717) is 5.69 Å². The second-order valence-corrected chi connectivity index (χ2v) is 5.78. The molecule has 0 bridgehead atoms. The van der Waals surface area contributed by atoms with Crippen LogP contribution >= 0.6 is 15.9 Å². The number of carbonyl (C=O) groups is 1. The van der Waals surface area contributed by atoms with Gasteiger partial charge in [-0.3, -0.25) is 0 Å². The monoisotopic (exact) mass is 315 g/mol. The van der Waals surface area contributed by atoms with Crippen LogP contribution < -0.4 is 5.32 Å². The molecule has 0 saturated heterocycles. The average Bonchev–Trinajstić information content (AvgIpc) is 2.72. The number of aromatic carboxylic acids is 1. The fourth-order valence-corrected chi connectivity index (χ4v) is 2.93. The van der Waals surface area contributed by atoms with Crippen molar-refractivity contribution in [1.82, 2.24) is 0 Å². The van der Waals surface area contributed by atoms with Gasteiger partial charge in [-0.1, -0.05) is 12.8 Å². The Bertz CT molecular complexity index is 484. The molecule has 1 saturated carbocycles. The Hall–Kier alpha value is -1.10. The van der Waals surface area contributed by atoms with Crippen LogP contribution in [0.4, 0.5) is 10.1 Å². The lowest BCUT2D eigenvalue weighted by Crippen LogP contribution is -2.31. The molecule has 1 aliphatic rings. The molecule has 0 heterocycles. The van der Waals surface area contributed by atoms with E-state index in [1.54, 1.807) is 0 Å². The third-order valence-corrected chi connectivity index (χ3v) is 4.23. The van der Waals surface area contributed by atoms with Gasteiger partial charge in [0.2, 0.25) is 0 Å². The smallest absolute Gasteiger partial charge is 0.336 e. The molecule has 1 aromatic carbocycles. The third kappa shape index (κ3) is 2.51. The highest BCUT2D eigenvalue weighted by atomic mass is 79.9. The Morgan fingerprint density at radius 3 is 2.61 bits per heavy atom. The van der Waals surface area contributed by atoms with E-state index in [1.807, 2.05) is 0 Å². The lowest BCUT2D eigenvalue weighted by atomic mass is 10.00.